The summed E-state index contributed by atoms with van der Waals surface area (Å²) in [6.07, 6.45) is 3.48. The van der Waals surface area contributed by atoms with Gasteiger partial charge in [0, 0.05) is 17.0 Å². The topological polar surface area (TPSA) is 58.9 Å². The Kier molecular flexibility index (Phi) is 4.81. The average Bonchev–Trinajstić information content (AvgIpc) is 2.46. The first-order valence-corrected chi connectivity index (χ1v) is 6.56. The molecule has 0 saturated carbocycles. The van der Waals surface area contributed by atoms with E-state index < -0.39 is 0 Å². The lowest BCUT2D eigenvalue weighted by Crippen LogP contribution is -1.93. The van der Waals surface area contributed by atoms with E-state index in [4.69, 9.17) is 11.6 Å². The summed E-state index contributed by atoms with van der Waals surface area (Å²) >= 11 is 6.01. The van der Waals surface area contributed by atoms with Crippen LogP contribution in [-0.2, 0) is 16.0 Å². The lowest BCUT2D eigenvalue weighted by molar-refractivity contribution is 0.565. The van der Waals surface area contributed by atoms with Crippen molar-refractivity contribution in [3.63, 3.8) is 0 Å². The minimum Gasteiger partial charge on any atom is -0.211 e. The average molecular weight is 299 g/mol. The summed E-state index contributed by atoms with van der Waals surface area (Å²) in [5.41, 5.74) is 3.54. The van der Waals surface area contributed by atoms with E-state index in [1.807, 2.05) is 19.1 Å². The van der Waals surface area contributed by atoms with Crippen molar-refractivity contribution in [3.05, 3.63) is 58.1 Å². The van der Waals surface area contributed by atoms with Crippen LogP contribution in [0.2, 0.25) is 5.02 Å². The molecule has 0 unspecified atom stereocenters. The molecule has 2 aromatic rings. The van der Waals surface area contributed by atoms with Crippen LogP contribution in [0.4, 0.5) is 11.4 Å². The third kappa shape index (κ3) is 3.53. The van der Waals surface area contributed by atoms with E-state index in [0.29, 0.717) is 28.4 Å². The third-order valence-corrected chi connectivity index (χ3v) is 3.37. The lowest BCUT2D eigenvalue weighted by Gasteiger charge is -2.10. The van der Waals surface area contributed by atoms with E-state index in [0.717, 1.165) is 11.1 Å². The second kappa shape index (κ2) is 6.78. The van der Waals surface area contributed by atoms with Crippen LogP contribution in [-0.4, -0.2) is 12.2 Å². The number of aliphatic imine (C=N–C) groups is 2. The summed E-state index contributed by atoms with van der Waals surface area (Å²) in [6, 6.07) is 10.6. The smallest absolute Gasteiger partial charge is 0.211 e. The molecule has 0 radical (unpaired) electrons. The van der Waals surface area contributed by atoms with Crippen molar-refractivity contribution >= 4 is 35.1 Å². The van der Waals surface area contributed by atoms with E-state index in [1.54, 1.807) is 24.3 Å². The molecule has 0 aromatic heterocycles. The maximum Gasteiger partial charge on any atom is 0.240 e. The molecule has 2 aromatic carbocycles. The Morgan fingerprint density at radius 2 is 1.67 bits per heavy atom. The Hall–Kier alpha value is -2.51. The highest BCUT2D eigenvalue weighted by molar-refractivity contribution is 6.30. The van der Waals surface area contributed by atoms with E-state index in [2.05, 4.69) is 9.98 Å². The molecule has 0 aliphatic carbocycles. The Labute approximate surface area is 126 Å². The maximum absolute atomic E-state index is 10.5. The second-order valence-electron chi connectivity index (χ2n) is 4.43. The van der Waals surface area contributed by atoms with Gasteiger partial charge in [-0.05, 0) is 42.3 Å². The van der Waals surface area contributed by atoms with Crippen LogP contribution in [0.15, 0.2) is 46.4 Å². The first kappa shape index (κ1) is 14.9. The number of hydrogen-bond acceptors (Lipinski definition) is 4. The largest absolute Gasteiger partial charge is 0.240 e. The molecule has 0 fully saturated rings. The Morgan fingerprint density at radius 1 is 1.05 bits per heavy atom. The van der Waals surface area contributed by atoms with Crippen molar-refractivity contribution in [2.24, 2.45) is 9.98 Å². The quantitative estimate of drug-likeness (QED) is 0.628. The van der Waals surface area contributed by atoms with E-state index in [-0.39, 0.29) is 0 Å². The van der Waals surface area contributed by atoms with E-state index in [9.17, 15) is 9.59 Å². The van der Waals surface area contributed by atoms with Gasteiger partial charge in [-0.3, -0.25) is 0 Å². The minimum atomic E-state index is 0.431. The van der Waals surface area contributed by atoms with Crippen molar-refractivity contribution < 1.29 is 9.59 Å². The summed E-state index contributed by atoms with van der Waals surface area (Å²) < 4.78 is 0. The van der Waals surface area contributed by atoms with Gasteiger partial charge in [0.15, 0.2) is 0 Å². The number of hydrogen-bond donors (Lipinski definition) is 0. The molecule has 0 amide bonds. The highest BCUT2D eigenvalue weighted by Gasteiger charge is 2.11. The molecular formula is C16H11ClN2O2. The molecule has 0 aliphatic rings. The number of aryl methyl sites for hydroxylation is 1. The van der Waals surface area contributed by atoms with Crippen molar-refractivity contribution in [1.29, 1.82) is 0 Å². The number of benzene rings is 2. The standard InChI is InChI=1S/C16H11ClN2O2/c1-11-5-6-13(17)7-12(11)8-14-15(18-9-20)3-2-4-16(14)19-10-21/h2-7H,8H2,1H3. The van der Waals surface area contributed by atoms with Gasteiger partial charge in [-0.1, -0.05) is 23.7 Å². The van der Waals surface area contributed by atoms with Crippen molar-refractivity contribution in [3.8, 4) is 0 Å². The van der Waals surface area contributed by atoms with Crippen LogP contribution in [0.25, 0.3) is 0 Å². The molecule has 0 aliphatic heterocycles. The fourth-order valence-electron chi connectivity index (χ4n) is 2.07. The molecule has 0 saturated heterocycles. The van der Waals surface area contributed by atoms with Crippen LogP contribution < -0.4 is 0 Å². The van der Waals surface area contributed by atoms with Crippen LogP contribution in [0, 0.1) is 6.92 Å². The van der Waals surface area contributed by atoms with Gasteiger partial charge in [-0.25, -0.2) is 9.59 Å². The van der Waals surface area contributed by atoms with Gasteiger partial charge in [0.1, 0.15) is 0 Å². The number of halogens is 1. The summed E-state index contributed by atoms with van der Waals surface area (Å²) in [7, 11) is 0. The van der Waals surface area contributed by atoms with E-state index >= 15 is 0 Å². The molecule has 0 bridgehead atoms. The molecule has 0 atom stereocenters. The third-order valence-electron chi connectivity index (χ3n) is 3.14. The molecule has 0 N–H and O–H groups in total. The minimum absolute atomic E-state index is 0.431. The Balaban J connectivity index is 2.58. The molecule has 0 spiro atoms. The number of nitrogens with zero attached hydrogens (tertiary/aromatic N) is 2. The first-order chi connectivity index (χ1) is 10.2. The Morgan fingerprint density at radius 3 is 2.24 bits per heavy atom. The van der Waals surface area contributed by atoms with Gasteiger partial charge in [0.2, 0.25) is 12.2 Å². The zero-order valence-corrected chi connectivity index (χ0v) is 12.0. The predicted octanol–water partition coefficient (Wildman–Crippen LogP) is 4.17. The highest BCUT2D eigenvalue weighted by Crippen LogP contribution is 2.32. The number of rotatable bonds is 4. The number of carbonyl (C=O) groups excluding carboxylic acids is 2. The predicted molar refractivity (Wildman–Crippen MR) is 81.0 cm³/mol. The fourth-order valence-corrected chi connectivity index (χ4v) is 2.27. The van der Waals surface area contributed by atoms with Crippen LogP contribution in [0.5, 0.6) is 0 Å². The normalized spacial score (nSPS) is 9.62. The van der Waals surface area contributed by atoms with Crippen molar-refractivity contribution in [2.45, 2.75) is 13.3 Å². The van der Waals surface area contributed by atoms with Gasteiger partial charge in [-0.2, -0.15) is 9.98 Å². The zero-order valence-electron chi connectivity index (χ0n) is 11.3. The molecule has 2 rings (SSSR count). The van der Waals surface area contributed by atoms with Gasteiger partial charge in [0.25, 0.3) is 0 Å². The Bertz CT molecular complexity index is 738. The molecule has 5 heteroatoms. The molecular weight excluding hydrogens is 288 g/mol. The monoisotopic (exact) mass is 298 g/mol. The van der Waals surface area contributed by atoms with Crippen molar-refractivity contribution in [1.82, 2.24) is 0 Å². The van der Waals surface area contributed by atoms with Crippen LogP contribution in [0.1, 0.15) is 16.7 Å². The van der Waals surface area contributed by atoms with Crippen molar-refractivity contribution in [2.75, 3.05) is 0 Å². The summed E-state index contributed by atoms with van der Waals surface area (Å²) in [4.78, 5) is 28.4. The lowest BCUT2D eigenvalue weighted by atomic mass is 9.98. The maximum atomic E-state index is 10.5. The van der Waals surface area contributed by atoms with Gasteiger partial charge in [0.05, 0.1) is 11.4 Å². The highest BCUT2D eigenvalue weighted by atomic mass is 35.5. The summed E-state index contributed by atoms with van der Waals surface area (Å²) in [5, 5.41) is 0.618. The SMILES string of the molecule is Cc1ccc(Cl)cc1Cc1c(N=C=O)cccc1N=C=O. The van der Waals surface area contributed by atoms with Gasteiger partial charge < -0.3 is 0 Å². The van der Waals surface area contributed by atoms with Crippen LogP contribution >= 0.6 is 11.6 Å². The summed E-state index contributed by atoms with van der Waals surface area (Å²) in [6.45, 7) is 1.96. The molecule has 0 heterocycles. The van der Waals surface area contributed by atoms with Crippen LogP contribution in [0.3, 0.4) is 0 Å². The fraction of sp³-hybridized carbons (Fsp3) is 0.125. The van der Waals surface area contributed by atoms with Gasteiger partial charge in [-0.15, -0.1) is 0 Å². The zero-order chi connectivity index (χ0) is 15.2. The van der Waals surface area contributed by atoms with E-state index in [1.165, 1.54) is 12.2 Å². The summed E-state index contributed by atoms with van der Waals surface area (Å²) in [5.74, 6) is 0. The second-order valence-corrected chi connectivity index (χ2v) is 4.87. The van der Waals surface area contributed by atoms with Gasteiger partial charge >= 0.3 is 0 Å². The molecule has 104 valence electrons. The molecule has 21 heavy (non-hydrogen) atoms. The first-order valence-electron chi connectivity index (χ1n) is 6.18. The molecule has 4 nitrogen and oxygen atoms in total. The number of isocyanates is 2.